The molecule has 0 rings (SSSR count). The van der Waals surface area contributed by atoms with Crippen LogP contribution in [0.15, 0.2) is 0 Å². The molecule has 0 fully saturated rings. The Morgan fingerprint density at radius 1 is 1.38 bits per heavy atom. The Bertz CT molecular complexity index is 197. The van der Waals surface area contributed by atoms with E-state index in [-0.39, 0.29) is 11.2 Å². The van der Waals surface area contributed by atoms with E-state index in [9.17, 15) is 9.18 Å². The van der Waals surface area contributed by atoms with Gasteiger partial charge in [0, 0.05) is 0 Å². The molecule has 1 N–H and O–H groups in total. The molecule has 2 unspecified atom stereocenters. The number of hydrogen-bond acceptors (Lipinski definition) is 2. The van der Waals surface area contributed by atoms with E-state index < -0.39 is 12.1 Å². The topological polar surface area (TPSA) is 37.3 Å². The molecule has 0 aliphatic carbocycles. The van der Waals surface area contributed by atoms with E-state index in [0.29, 0.717) is 12.8 Å². The van der Waals surface area contributed by atoms with Crippen molar-refractivity contribution >= 4 is 17.7 Å². The van der Waals surface area contributed by atoms with Crippen LogP contribution in [0.5, 0.6) is 0 Å². The zero-order valence-electron chi connectivity index (χ0n) is 10.4. The van der Waals surface area contributed by atoms with Gasteiger partial charge < -0.3 is 5.11 Å². The largest absolute Gasteiger partial charge is 0.480 e. The Morgan fingerprint density at radius 3 is 2.44 bits per heavy atom. The summed E-state index contributed by atoms with van der Waals surface area (Å²) in [4.78, 5) is 10.9. The van der Waals surface area contributed by atoms with Gasteiger partial charge in [0.05, 0.1) is 0 Å². The van der Waals surface area contributed by atoms with Crippen LogP contribution in [0.4, 0.5) is 4.39 Å². The molecule has 0 saturated heterocycles. The molecule has 0 radical (unpaired) electrons. The van der Waals surface area contributed by atoms with Gasteiger partial charge in [-0.3, -0.25) is 4.79 Å². The minimum Gasteiger partial charge on any atom is -0.480 e. The highest BCUT2D eigenvalue weighted by molar-refractivity contribution is 8.00. The van der Waals surface area contributed by atoms with Gasteiger partial charge in [-0.05, 0) is 30.9 Å². The summed E-state index contributed by atoms with van der Waals surface area (Å²) in [6.07, 6.45) is 2.11. The fourth-order valence-corrected chi connectivity index (χ4v) is 2.64. The Hall–Kier alpha value is -0.250. The molecule has 4 heteroatoms. The summed E-state index contributed by atoms with van der Waals surface area (Å²) >= 11 is 1.43. The average Bonchev–Trinajstić information content (AvgIpc) is 2.16. The Labute approximate surface area is 102 Å². The van der Waals surface area contributed by atoms with Crippen LogP contribution in [0.2, 0.25) is 0 Å². The molecule has 0 aliphatic heterocycles. The summed E-state index contributed by atoms with van der Waals surface area (Å²) in [6.45, 7) is 5.78. The van der Waals surface area contributed by atoms with Gasteiger partial charge in [0.2, 0.25) is 0 Å². The van der Waals surface area contributed by atoms with E-state index in [0.717, 1.165) is 18.6 Å². The third-order valence-electron chi connectivity index (χ3n) is 2.41. The maximum absolute atomic E-state index is 13.1. The van der Waals surface area contributed by atoms with Gasteiger partial charge in [-0.15, -0.1) is 11.8 Å². The third kappa shape index (κ3) is 7.09. The molecule has 0 bridgehead atoms. The predicted octanol–water partition coefficient (Wildman–Crippen LogP) is 3.75. The molecule has 2 atom stereocenters. The summed E-state index contributed by atoms with van der Waals surface area (Å²) in [5.74, 6) is 0.101. The number of aliphatic carboxylic acids is 1. The minimum atomic E-state index is -0.759. The van der Waals surface area contributed by atoms with Crippen LogP contribution >= 0.6 is 11.8 Å². The van der Waals surface area contributed by atoms with Gasteiger partial charge in [-0.1, -0.05) is 27.2 Å². The first kappa shape index (κ1) is 15.8. The lowest BCUT2D eigenvalue weighted by molar-refractivity contribution is -0.137. The van der Waals surface area contributed by atoms with Gasteiger partial charge in [0.1, 0.15) is 11.4 Å². The third-order valence-corrected chi connectivity index (χ3v) is 4.04. The van der Waals surface area contributed by atoms with Crippen molar-refractivity contribution in [2.24, 2.45) is 5.92 Å². The lowest BCUT2D eigenvalue weighted by atomic mass is 10.1. The molecule has 2 nitrogen and oxygen atoms in total. The van der Waals surface area contributed by atoms with E-state index in [4.69, 9.17) is 5.11 Å². The van der Waals surface area contributed by atoms with Crippen molar-refractivity contribution in [3.8, 4) is 0 Å². The number of carboxylic acid groups (broad SMARTS) is 1. The zero-order chi connectivity index (χ0) is 12.6. The van der Waals surface area contributed by atoms with Crippen LogP contribution in [0, 0.1) is 5.92 Å². The predicted molar refractivity (Wildman–Crippen MR) is 67.8 cm³/mol. The van der Waals surface area contributed by atoms with Crippen molar-refractivity contribution in [1.82, 2.24) is 0 Å². The minimum absolute atomic E-state index is 0.124. The fraction of sp³-hybridized carbons (Fsp3) is 0.917. The summed E-state index contributed by atoms with van der Waals surface area (Å²) in [7, 11) is 0. The molecule has 0 amide bonds. The van der Waals surface area contributed by atoms with Crippen LogP contribution < -0.4 is 0 Å². The first-order valence-electron chi connectivity index (χ1n) is 5.97. The second-order valence-corrected chi connectivity index (χ2v) is 5.65. The van der Waals surface area contributed by atoms with Crippen molar-refractivity contribution in [2.75, 3.05) is 5.75 Å². The summed E-state index contributed by atoms with van der Waals surface area (Å²) in [5.41, 5.74) is 0. The average molecular weight is 250 g/mol. The van der Waals surface area contributed by atoms with Crippen molar-refractivity contribution < 1.29 is 14.3 Å². The molecule has 16 heavy (non-hydrogen) atoms. The maximum Gasteiger partial charge on any atom is 0.316 e. The number of alkyl halides is 1. The van der Waals surface area contributed by atoms with Gasteiger partial charge in [0.25, 0.3) is 0 Å². The number of thioether (sulfide) groups is 1. The second-order valence-electron chi connectivity index (χ2n) is 4.40. The van der Waals surface area contributed by atoms with E-state index in [2.05, 4.69) is 0 Å². The number of carboxylic acids is 1. The molecule has 0 aromatic rings. The van der Waals surface area contributed by atoms with Gasteiger partial charge in [0.15, 0.2) is 0 Å². The standard InChI is InChI=1S/C12H23FO2S/c1-4-6-10(13)7-5-8-16-11(9(2)3)12(14)15/h9-11H,4-8H2,1-3H3,(H,14,15). The van der Waals surface area contributed by atoms with Crippen molar-refractivity contribution in [3.63, 3.8) is 0 Å². The highest BCUT2D eigenvalue weighted by atomic mass is 32.2. The highest BCUT2D eigenvalue weighted by Crippen LogP contribution is 2.22. The Morgan fingerprint density at radius 2 is 2.00 bits per heavy atom. The van der Waals surface area contributed by atoms with Crippen LogP contribution in [0.1, 0.15) is 46.5 Å². The number of rotatable bonds is 9. The molecular weight excluding hydrogens is 227 g/mol. The molecule has 0 spiro atoms. The van der Waals surface area contributed by atoms with E-state index in [1.165, 1.54) is 11.8 Å². The van der Waals surface area contributed by atoms with Crippen LogP contribution in [-0.2, 0) is 4.79 Å². The van der Waals surface area contributed by atoms with Gasteiger partial charge in [-0.25, -0.2) is 4.39 Å². The van der Waals surface area contributed by atoms with E-state index in [1.54, 1.807) is 0 Å². The zero-order valence-corrected chi connectivity index (χ0v) is 11.2. The van der Waals surface area contributed by atoms with Gasteiger partial charge >= 0.3 is 5.97 Å². The summed E-state index contributed by atoms with van der Waals surface area (Å²) < 4.78 is 13.1. The SMILES string of the molecule is CCCC(F)CCCSC(C(=O)O)C(C)C. The Balaban J connectivity index is 3.67. The fourth-order valence-electron chi connectivity index (χ4n) is 1.52. The molecule has 0 aliphatic rings. The van der Waals surface area contributed by atoms with Crippen LogP contribution in [-0.4, -0.2) is 28.3 Å². The lowest BCUT2D eigenvalue weighted by Crippen LogP contribution is -2.23. The highest BCUT2D eigenvalue weighted by Gasteiger charge is 2.21. The summed E-state index contributed by atoms with van der Waals surface area (Å²) in [5, 5.41) is 8.58. The van der Waals surface area contributed by atoms with Crippen LogP contribution in [0.3, 0.4) is 0 Å². The molecular formula is C12H23FO2S. The molecule has 96 valence electrons. The first-order valence-corrected chi connectivity index (χ1v) is 7.02. The first-order chi connectivity index (χ1) is 7.49. The number of hydrogen-bond donors (Lipinski definition) is 1. The maximum atomic E-state index is 13.1. The van der Waals surface area contributed by atoms with Crippen molar-refractivity contribution in [1.29, 1.82) is 0 Å². The lowest BCUT2D eigenvalue weighted by Gasteiger charge is -2.15. The smallest absolute Gasteiger partial charge is 0.316 e. The second kappa shape index (κ2) is 8.85. The number of halogens is 1. The van der Waals surface area contributed by atoms with Gasteiger partial charge in [-0.2, -0.15) is 0 Å². The normalized spacial score (nSPS) is 15.1. The number of carbonyl (C=O) groups is 1. The molecule has 0 heterocycles. The molecule has 0 saturated carbocycles. The van der Waals surface area contributed by atoms with Crippen LogP contribution in [0.25, 0.3) is 0 Å². The van der Waals surface area contributed by atoms with Crippen molar-refractivity contribution in [3.05, 3.63) is 0 Å². The van der Waals surface area contributed by atoms with E-state index in [1.807, 2.05) is 20.8 Å². The Kier molecular flexibility index (Phi) is 8.71. The van der Waals surface area contributed by atoms with E-state index >= 15 is 0 Å². The quantitative estimate of drug-likeness (QED) is 0.633. The molecule has 0 aromatic carbocycles. The monoisotopic (exact) mass is 250 g/mol. The molecule has 0 aromatic heterocycles. The summed E-state index contributed by atoms with van der Waals surface area (Å²) in [6, 6.07) is 0. The van der Waals surface area contributed by atoms with Crippen molar-refractivity contribution in [2.45, 2.75) is 57.9 Å².